The number of thiocarbonyl (C=S) groups is 1. The van der Waals surface area contributed by atoms with Crippen molar-refractivity contribution in [2.75, 3.05) is 45.2 Å². The monoisotopic (exact) mass is 665 g/mol. The van der Waals surface area contributed by atoms with Crippen molar-refractivity contribution in [1.82, 2.24) is 9.80 Å². The summed E-state index contributed by atoms with van der Waals surface area (Å²) in [5, 5.41) is 12.3. The molecule has 0 aliphatic carbocycles. The third-order valence-corrected chi connectivity index (χ3v) is 9.19. The van der Waals surface area contributed by atoms with Gasteiger partial charge in [-0.05, 0) is 92.2 Å². The molecule has 0 bridgehead atoms. The highest BCUT2D eigenvalue weighted by molar-refractivity contribution is 8.26. The Labute approximate surface area is 276 Å². The first-order valence-electron chi connectivity index (χ1n) is 14.4. The first kappa shape index (κ1) is 32.5. The number of aromatic carboxylic acids is 1. The summed E-state index contributed by atoms with van der Waals surface area (Å²) in [6.45, 7) is 3.57. The van der Waals surface area contributed by atoms with E-state index in [1.807, 2.05) is 30.3 Å². The van der Waals surface area contributed by atoms with Crippen LogP contribution in [0.25, 0.3) is 17.2 Å². The maximum Gasteiger partial charge on any atom is 0.335 e. The lowest BCUT2D eigenvalue weighted by molar-refractivity contribution is -0.122. The number of hydrogen-bond acceptors (Lipinski definition) is 8. The Morgan fingerprint density at radius 1 is 1.07 bits per heavy atom. The minimum atomic E-state index is -1.05. The molecule has 0 unspecified atom stereocenters. The van der Waals surface area contributed by atoms with E-state index in [2.05, 4.69) is 10.2 Å². The quantitative estimate of drug-likeness (QED) is 0.167. The van der Waals surface area contributed by atoms with Crippen LogP contribution in [0.2, 0.25) is 5.02 Å². The fourth-order valence-corrected chi connectivity index (χ4v) is 6.65. The number of amides is 2. The average Bonchev–Trinajstić information content (AvgIpc) is 3.64. The van der Waals surface area contributed by atoms with Crippen LogP contribution in [0.5, 0.6) is 11.5 Å². The van der Waals surface area contributed by atoms with Gasteiger partial charge in [0.05, 0.1) is 22.6 Å². The van der Waals surface area contributed by atoms with Gasteiger partial charge in [-0.2, -0.15) is 0 Å². The van der Waals surface area contributed by atoms with Gasteiger partial charge in [0.25, 0.3) is 5.91 Å². The van der Waals surface area contributed by atoms with E-state index in [0.717, 1.165) is 30.8 Å². The van der Waals surface area contributed by atoms with E-state index in [4.69, 9.17) is 38.4 Å². The third kappa shape index (κ3) is 8.23. The number of hydrogen-bond donors (Lipinski definition) is 2. The number of nitrogens with zero attached hydrogens (tertiary/aromatic N) is 2. The molecule has 5 rings (SSSR count). The zero-order valence-electron chi connectivity index (χ0n) is 24.6. The molecule has 0 radical (unpaired) electrons. The Kier molecular flexibility index (Phi) is 10.8. The van der Waals surface area contributed by atoms with Crippen LogP contribution in [0.4, 0.5) is 5.69 Å². The van der Waals surface area contributed by atoms with Crippen molar-refractivity contribution in [1.29, 1.82) is 0 Å². The minimum absolute atomic E-state index is 0.0106. The minimum Gasteiger partial charge on any atom is -0.497 e. The maximum absolute atomic E-state index is 13.5. The van der Waals surface area contributed by atoms with Gasteiger partial charge in [-0.1, -0.05) is 41.6 Å². The Morgan fingerprint density at radius 3 is 2.51 bits per heavy atom. The first-order valence-corrected chi connectivity index (χ1v) is 16.0. The molecule has 9 nitrogen and oxygen atoms in total. The molecule has 0 atom stereocenters. The molecule has 2 amide bonds. The highest BCUT2D eigenvalue weighted by atomic mass is 35.5. The summed E-state index contributed by atoms with van der Waals surface area (Å²) in [5.74, 6) is -0.374. The molecular weight excluding hydrogens is 634 g/mol. The van der Waals surface area contributed by atoms with Crippen molar-refractivity contribution >= 4 is 69.4 Å². The molecule has 2 heterocycles. The van der Waals surface area contributed by atoms with Crippen LogP contribution in [-0.2, 0) is 9.59 Å². The number of thioether (sulfide) groups is 1. The van der Waals surface area contributed by atoms with Crippen LogP contribution in [-0.4, -0.2) is 76.9 Å². The summed E-state index contributed by atoms with van der Waals surface area (Å²) in [5.41, 5.74) is 2.96. The fraction of sp³-hybridized carbons (Fsp3) is 0.273. The summed E-state index contributed by atoms with van der Waals surface area (Å²) in [6.07, 6.45) is 4.18. The van der Waals surface area contributed by atoms with Crippen molar-refractivity contribution < 1.29 is 29.0 Å². The van der Waals surface area contributed by atoms with Crippen molar-refractivity contribution in [3.05, 3.63) is 81.7 Å². The molecule has 0 saturated carbocycles. The van der Waals surface area contributed by atoms with Gasteiger partial charge >= 0.3 is 5.97 Å². The summed E-state index contributed by atoms with van der Waals surface area (Å²) >= 11 is 13.3. The molecule has 2 N–H and O–H groups in total. The Hall–Kier alpha value is -3.90. The van der Waals surface area contributed by atoms with E-state index in [1.165, 1.54) is 53.8 Å². The highest BCUT2D eigenvalue weighted by Crippen LogP contribution is 2.38. The second-order valence-corrected chi connectivity index (χ2v) is 12.6. The largest absolute Gasteiger partial charge is 0.497 e. The molecule has 12 heteroatoms. The average molecular weight is 666 g/mol. The number of carbonyl (C=O) groups is 3. The molecule has 234 valence electrons. The van der Waals surface area contributed by atoms with Crippen molar-refractivity contribution in [3.8, 4) is 22.6 Å². The van der Waals surface area contributed by atoms with E-state index < -0.39 is 5.97 Å². The Morgan fingerprint density at radius 2 is 1.82 bits per heavy atom. The van der Waals surface area contributed by atoms with Crippen LogP contribution in [0.1, 0.15) is 35.2 Å². The number of carboxylic acids is 1. The van der Waals surface area contributed by atoms with Gasteiger partial charge in [0.1, 0.15) is 22.4 Å². The number of carbonyl (C=O) groups excluding carboxylic acids is 2. The summed E-state index contributed by atoms with van der Waals surface area (Å²) in [6, 6.07) is 17.1. The van der Waals surface area contributed by atoms with Gasteiger partial charge in [0, 0.05) is 36.3 Å². The Balaban J connectivity index is 1.31. The zero-order chi connectivity index (χ0) is 31.9. The molecule has 2 fully saturated rings. The van der Waals surface area contributed by atoms with Crippen LogP contribution in [0.15, 0.2) is 65.6 Å². The molecule has 3 aromatic rings. The van der Waals surface area contributed by atoms with Gasteiger partial charge in [0.2, 0.25) is 5.91 Å². The van der Waals surface area contributed by atoms with E-state index in [-0.39, 0.29) is 30.3 Å². The molecule has 3 aromatic carbocycles. The second kappa shape index (κ2) is 14.9. The van der Waals surface area contributed by atoms with E-state index in [0.29, 0.717) is 43.6 Å². The van der Waals surface area contributed by atoms with Crippen molar-refractivity contribution in [3.63, 3.8) is 0 Å². The topological polar surface area (TPSA) is 108 Å². The highest BCUT2D eigenvalue weighted by Gasteiger charge is 2.32. The summed E-state index contributed by atoms with van der Waals surface area (Å²) < 4.78 is 11.9. The number of likely N-dealkylation sites (tertiary alicyclic amines) is 1. The molecule has 2 saturated heterocycles. The molecule has 2 aliphatic rings. The smallest absolute Gasteiger partial charge is 0.335 e. The van der Waals surface area contributed by atoms with Gasteiger partial charge in [-0.3, -0.25) is 19.4 Å². The standard InChI is InChI=1S/C33H32ClN3O6S2/c1-42-25-9-10-26(27(34)20-25)22-6-11-28(43-17-16-36-13-2-3-14-36)23(18-22)19-29-31(39)37(33(44)45-29)15-12-30(38)35-24-7-4-21(5-8-24)32(40)41/h4-11,18-20H,2-3,12-17H2,1H3,(H,35,38)(H,40,41)/b29-19-. The fourth-order valence-electron chi connectivity index (χ4n) is 5.08. The Bertz CT molecular complexity index is 1640. The lowest BCUT2D eigenvalue weighted by atomic mass is 10.0. The predicted octanol–water partition coefficient (Wildman–Crippen LogP) is 6.42. The second-order valence-electron chi connectivity index (χ2n) is 10.5. The van der Waals surface area contributed by atoms with Crippen molar-refractivity contribution in [2.24, 2.45) is 0 Å². The van der Waals surface area contributed by atoms with Gasteiger partial charge in [-0.15, -0.1) is 0 Å². The molecular formula is C33H32ClN3O6S2. The lowest BCUT2D eigenvalue weighted by Crippen LogP contribution is -2.31. The number of methoxy groups -OCH3 is 1. The van der Waals surface area contributed by atoms with Crippen LogP contribution in [0.3, 0.4) is 0 Å². The number of benzene rings is 3. The predicted molar refractivity (Wildman–Crippen MR) is 181 cm³/mol. The first-order chi connectivity index (χ1) is 21.7. The summed E-state index contributed by atoms with van der Waals surface area (Å²) in [4.78, 5) is 41.3. The number of rotatable bonds is 12. The zero-order valence-corrected chi connectivity index (χ0v) is 27.0. The van der Waals surface area contributed by atoms with E-state index in [9.17, 15) is 14.4 Å². The van der Waals surface area contributed by atoms with Gasteiger partial charge in [-0.25, -0.2) is 4.79 Å². The normalized spacial score (nSPS) is 16.0. The maximum atomic E-state index is 13.5. The van der Waals surface area contributed by atoms with E-state index in [1.54, 1.807) is 19.3 Å². The molecule has 45 heavy (non-hydrogen) atoms. The molecule has 0 spiro atoms. The molecule has 2 aliphatic heterocycles. The number of halogens is 1. The van der Waals surface area contributed by atoms with Crippen LogP contribution >= 0.6 is 35.6 Å². The SMILES string of the molecule is COc1ccc(-c2ccc(OCCN3CCCC3)c(/C=C3\SC(=S)N(CCC(=O)Nc4ccc(C(=O)O)cc4)C3=O)c2)c(Cl)c1. The van der Waals surface area contributed by atoms with Gasteiger partial charge in [0.15, 0.2) is 0 Å². The number of nitrogens with one attached hydrogen (secondary N) is 1. The number of anilines is 1. The van der Waals surface area contributed by atoms with Crippen LogP contribution < -0.4 is 14.8 Å². The lowest BCUT2D eigenvalue weighted by Gasteiger charge is -2.17. The summed E-state index contributed by atoms with van der Waals surface area (Å²) in [7, 11) is 1.59. The number of carboxylic acid groups (broad SMARTS) is 1. The van der Waals surface area contributed by atoms with Crippen LogP contribution in [0, 0.1) is 0 Å². The molecule has 0 aromatic heterocycles. The van der Waals surface area contributed by atoms with Gasteiger partial charge < -0.3 is 19.9 Å². The number of ether oxygens (including phenoxy) is 2. The van der Waals surface area contributed by atoms with Crippen molar-refractivity contribution in [2.45, 2.75) is 19.3 Å². The third-order valence-electron chi connectivity index (χ3n) is 7.50. The van der Waals surface area contributed by atoms with E-state index >= 15 is 0 Å².